The van der Waals surface area contributed by atoms with Crippen LogP contribution in [-0.2, 0) is 4.79 Å². The highest BCUT2D eigenvalue weighted by molar-refractivity contribution is 5.75. The van der Waals surface area contributed by atoms with E-state index in [1.165, 1.54) is 12.2 Å². The van der Waals surface area contributed by atoms with Gasteiger partial charge < -0.3 is 0 Å². The smallest absolute Gasteiger partial charge is 0.234 e. The molecule has 0 spiro atoms. The molecule has 0 heterocycles. The molecule has 0 saturated heterocycles. The maximum absolute atomic E-state index is 12.7. The Labute approximate surface area is 83.2 Å². The third kappa shape index (κ3) is 2.96. The molecule has 1 aliphatic rings. The van der Waals surface area contributed by atoms with Gasteiger partial charge in [-0.15, -0.1) is 0 Å². The molecule has 3 nitrogen and oxygen atoms in total. The first-order chi connectivity index (χ1) is 6.63. The van der Waals surface area contributed by atoms with Gasteiger partial charge in [0.05, 0.1) is 6.04 Å². The Kier molecular flexibility index (Phi) is 3.83. The van der Waals surface area contributed by atoms with E-state index < -0.39 is 0 Å². The molecule has 0 aromatic carbocycles. The Balaban J connectivity index is 2.39. The molecule has 0 aromatic heterocycles. The summed E-state index contributed by atoms with van der Waals surface area (Å²) in [6.45, 7) is 1.94. The monoisotopic (exact) mass is 198 g/mol. The molecule has 1 aliphatic carbocycles. The Morgan fingerprint density at radius 2 is 2.43 bits per heavy atom. The van der Waals surface area contributed by atoms with Gasteiger partial charge in [-0.3, -0.25) is 10.2 Å². The van der Waals surface area contributed by atoms with E-state index in [0.29, 0.717) is 6.42 Å². The number of nitrogens with zero attached hydrogens (tertiary/aromatic N) is 1. The van der Waals surface area contributed by atoms with Crippen LogP contribution in [-0.4, -0.2) is 24.0 Å². The number of rotatable bonds is 4. The Morgan fingerprint density at radius 1 is 1.71 bits per heavy atom. The van der Waals surface area contributed by atoms with Crippen LogP contribution in [0.1, 0.15) is 19.8 Å². The minimum Gasteiger partial charge on any atom is -0.288 e. The van der Waals surface area contributed by atoms with Crippen molar-refractivity contribution in [3.05, 3.63) is 24.1 Å². The van der Waals surface area contributed by atoms with Crippen molar-refractivity contribution in [2.75, 3.05) is 7.05 Å². The summed E-state index contributed by atoms with van der Waals surface area (Å²) in [5.41, 5.74) is 2.68. The van der Waals surface area contributed by atoms with Gasteiger partial charge in [0.25, 0.3) is 0 Å². The SMILES string of the molecule is CCCC(=O)NN(C)C1C=CC(F)=C1. The normalized spacial score (nSPS) is 20.0. The molecule has 1 amide bonds. The summed E-state index contributed by atoms with van der Waals surface area (Å²) in [5, 5.41) is 1.60. The van der Waals surface area contributed by atoms with Crippen molar-refractivity contribution in [2.24, 2.45) is 0 Å². The highest BCUT2D eigenvalue weighted by Gasteiger charge is 2.15. The van der Waals surface area contributed by atoms with Crippen LogP contribution in [0, 0.1) is 0 Å². The van der Waals surface area contributed by atoms with E-state index in [1.54, 1.807) is 18.1 Å². The van der Waals surface area contributed by atoms with E-state index in [-0.39, 0.29) is 17.8 Å². The number of carbonyl (C=O) groups excluding carboxylic acids is 1. The molecule has 1 unspecified atom stereocenters. The lowest BCUT2D eigenvalue weighted by atomic mass is 10.3. The standard InChI is InChI=1S/C10H15FN2O/c1-3-4-10(14)12-13(2)9-6-5-8(11)7-9/h5-7,9H,3-4H2,1-2H3,(H,12,14). The molecule has 0 aliphatic heterocycles. The fourth-order valence-electron chi connectivity index (χ4n) is 1.26. The van der Waals surface area contributed by atoms with Crippen LogP contribution in [0.5, 0.6) is 0 Å². The zero-order valence-corrected chi connectivity index (χ0v) is 8.46. The minimum absolute atomic E-state index is 0.0379. The molecule has 0 aromatic rings. The lowest BCUT2D eigenvalue weighted by molar-refractivity contribution is -0.125. The van der Waals surface area contributed by atoms with E-state index in [9.17, 15) is 9.18 Å². The Bertz CT molecular complexity index is 273. The van der Waals surface area contributed by atoms with Crippen molar-refractivity contribution in [3.8, 4) is 0 Å². The fourth-order valence-corrected chi connectivity index (χ4v) is 1.26. The second-order valence-corrected chi connectivity index (χ2v) is 3.30. The molecule has 0 fully saturated rings. The van der Waals surface area contributed by atoms with Crippen LogP contribution in [0.15, 0.2) is 24.1 Å². The molecular weight excluding hydrogens is 183 g/mol. The number of carbonyl (C=O) groups is 1. The quantitative estimate of drug-likeness (QED) is 0.695. The van der Waals surface area contributed by atoms with Crippen LogP contribution in [0.25, 0.3) is 0 Å². The van der Waals surface area contributed by atoms with E-state index in [1.807, 2.05) is 6.92 Å². The molecular formula is C10H15FN2O. The fraction of sp³-hybridized carbons (Fsp3) is 0.500. The van der Waals surface area contributed by atoms with Crippen molar-refractivity contribution in [2.45, 2.75) is 25.8 Å². The molecule has 1 rings (SSSR count). The maximum Gasteiger partial charge on any atom is 0.234 e. The van der Waals surface area contributed by atoms with Crippen molar-refractivity contribution in [1.29, 1.82) is 0 Å². The zero-order chi connectivity index (χ0) is 10.6. The summed E-state index contributed by atoms with van der Waals surface area (Å²) in [6.07, 6.45) is 5.85. The molecule has 0 radical (unpaired) electrons. The number of amides is 1. The Morgan fingerprint density at radius 3 is 2.93 bits per heavy atom. The molecule has 78 valence electrons. The first-order valence-corrected chi connectivity index (χ1v) is 4.71. The summed E-state index contributed by atoms with van der Waals surface area (Å²) < 4.78 is 12.7. The average Bonchev–Trinajstić information content (AvgIpc) is 2.52. The molecule has 1 N–H and O–H groups in total. The first kappa shape index (κ1) is 10.9. The van der Waals surface area contributed by atoms with E-state index in [2.05, 4.69) is 5.43 Å². The van der Waals surface area contributed by atoms with Gasteiger partial charge in [0.15, 0.2) is 0 Å². The predicted molar refractivity (Wildman–Crippen MR) is 52.9 cm³/mol. The lowest BCUT2D eigenvalue weighted by Crippen LogP contribution is -2.43. The first-order valence-electron chi connectivity index (χ1n) is 4.71. The molecule has 4 heteroatoms. The van der Waals surface area contributed by atoms with Gasteiger partial charge in [0.2, 0.25) is 5.91 Å². The number of halogens is 1. The predicted octanol–water partition coefficient (Wildman–Crippen LogP) is 1.54. The van der Waals surface area contributed by atoms with Crippen LogP contribution >= 0.6 is 0 Å². The van der Waals surface area contributed by atoms with Gasteiger partial charge in [0, 0.05) is 13.5 Å². The summed E-state index contributed by atoms with van der Waals surface area (Å²) >= 11 is 0. The van der Waals surface area contributed by atoms with Crippen LogP contribution in [0.2, 0.25) is 0 Å². The molecule has 14 heavy (non-hydrogen) atoms. The van der Waals surface area contributed by atoms with Gasteiger partial charge in [-0.2, -0.15) is 0 Å². The van der Waals surface area contributed by atoms with Gasteiger partial charge >= 0.3 is 0 Å². The topological polar surface area (TPSA) is 32.3 Å². The number of hydrazine groups is 1. The van der Waals surface area contributed by atoms with Crippen molar-refractivity contribution in [3.63, 3.8) is 0 Å². The van der Waals surface area contributed by atoms with Gasteiger partial charge in [0.1, 0.15) is 5.83 Å². The van der Waals surface area contributed by atoms with Crippen LogP contribution in [0.3, 0.4) is 0 Å². The molecule has 0 bridgehead atoms. The van der Waals surface area contributed by atoms with Crippen molar-refractivity contribution in [1.82, 2.24) is 10.4 Å². The largest absolute Gasteiger partial charge is 0.288 e. The summed E-state index contributed by atoms with van der Waals surface area (Å²) in [5.74, 6) is -0.296. The van der Waals surface area contributed by atoms with E-state index >= 15 is 0 Å². The molecule has 0 saturated carbocycles. The second kappa shape index (κ2) is 4.91. The second-order valence-electron chi connectivity index (χ2n) is 3.30. The minimum atomic E-state index is -0.258. The number of likely N-dealkylation sites (N-methyl/N-ethyl adjacent to an activating group) is 1. The van der Waals surface area contributed by atoms with Gasteiger partial charge in [-0.25, -0.2) is 9.40 Å². The highest BCUT2D eigenvalue weighted by Crippen LogP contribution is 2.13. The third-order valence-corrected chi connectivity index (χ3v) is 2.01. The number of hydrogen-bond acceptors (Lipinski definition) is 2. The van der Waals surface area contributed by atoms with Crippen LogP contribution in [0.4, 0.5) is 4.39 Å². The van der Waals surface area contributed by atoms with E-state index in [4.69, 9.17) is 0 Å². The van der Waals surface area contributed by atoms with Crippen molar-refractivity contribution >= 4 is 5.91 Å². The lowest BCUT2D eigenvalue weighted by Gasteiger charge is -2.21. The Hall–Kier alpha value is -1.16. The zero-order valence-electron chi connectivity index (χ0n) is 8.46. The maximum atomic E-state index is 12.7. The molecule has 1 atom stereocenters. The van der Waals surface area contributed by atoms with Gasteiger partial charge in [-0.05, 0) is 18.6 Å². The highest BCUT2D eigenvalue weighted by atomic mass is 19.1. The summed E-state index contributed by atoms with van der Waals surface area (Å²) in [4.78, 5) is 11.2. The average molecular weight is 198 g/mol. The number of hydrogen-bond donors (Lipinski definition) is 1. The summed E-state index contributed by atoms with van der Waals surface area (Å²) in [7, 11) is 1.72. The number of nitrogens with one attached hydrogen (secondary N) is 1. The van der Waals surface area contributed by atoms with Gasteiger partial charge in [-0.1, -0.05) is 13.0 Å². The summed E-state index contributed by atoms with van der Waals surface area (Å²) in [6, 6.07) is -0.171. The van der Waals surface area contributed by atoms with Crippen LogP contribution < -0.4 is 5.43 Å². The van der Waals surface area contributed by atoms with Crippen molar-refractivity contribution < 1.29 is 9.18 Å². The van der Waals surface area contributed by atoms with E-state index in [0.717, 1.165) is 6.42 Å². The number of allylic oxidation sites excluding steroid dienone is 2. The third-order valence-electron chi connectivity index (χ3n) is 2.01.